The number of piperidine rings is 1. The fraction of sp³-hybridized carbons (Fsp3) is 0.500. The lowest BCUT2D eigenvalue weighted by Crippen LogP contribution is -2.40. The molecule has 5 nitrogen and oxygen atoms in total. The first-order valence-corrected chi connectivity index (χ1v) is 7.30. The topological polar surface area (TPSA) is 66.8 Å². The van der Waals surface area contributed by atoms with Gasteiger partial charge in [-0.05, 0) is 25.0 Å². The highest BCUT2D eigenvalue weighted by Crippen LogP contribution is 2.27. The molecule has 1 aliphatic rings. The lowest BCUT2D eigenvalue weighted by molar-refractivity contribution is 0.0604. The summed E-state index contributed by atoms with van der Waals surface area (Å²) in [6.07, 6.45) is 1.49. The predicted octanol–water partition coefficient (Wildman–Crippen LogP) is 1.19. The van der Waals surface area contributed by atoms with Gasteiger partial charge in [-0.25, -0.2) is 8.42 Å². The molecule has 1 N–H and O–H groups in total. The van der Waals surface area contributed by atoms with Crippen LogP contribution in [-0.2, 0) is 14.8 Å². The van der Waals surface area contributed by atoms with Crippen LogP contribution >= 0.6 is 0 Å². The van der Waals surface area contributed by atoms with Crippen LogP contribution in [0.15, 0.2) is 29.2 Å². The summed E-state index contributed by atoms with van der Waals surface area (Å²) in [6.45, 7) is 0.852. The molecular weight excluding hydrogens is 254 g/mol. The Bertz CT molecular complexity index is 507. The van der Waals surface area contributed by atoms with Gasteiger partial charge in [-0.1, -0.05) is 12.1 Å². The molecule has 0 amide bonds. The Labute approximate surface area is 107 Å². The maximum absolute atomic E-state index is 12.3. The van der Waals surface area contributed by atoms with Crippen LogP contribution in [0.3, 0.4) is 0 Å². The molecule has 1 fully saturated rings. The zero-order valence-corrected chi connectivity index (χ0v) is 11.1. The van der Waals surface area contributed by atoms with Crippen LogP contribution in [0, 0.1) is 0 Å². The van der Waals surface area contributed by atoms with Crippen molar-refractivity contribution < 1.29 is 18.3 Å². The van der Waals surface area contributed by atoms with Crippen molar-refractivity contribution in [3.8, 4) is 5.75 Å². The highest BCUT2D eigenvalue weighted by atomic mass is 32.2. The van der Waals surface area contributed by atoms with Gasteiger partial charge in [0.25, 0.3) is 0 Å². The average molecular weight is 271 g/mol. The van der Waals surface area contributed by atoms with Gasteiger partial charge in [-0.2, -0.15) is 4.31 Å². The predicted molar refractivity (Wildman–Crippen MR) is 66.9 cm³/mol. The van der Waals surface area contributed by atoms with E-state index in [0.29, 0.717) is 25.9 Å². The van der Waals surface area contributed by atoms with Crippen LogP contribution < -0.4 is 0 Å². The Kier molecular flexibility index (Phi) is 3.89. The second-order valence-electron chi connectivity index (χ2n) is 4.31. The van der Waals surface area contributed by atoms with Gasteiger partial charge in [0, 0.05) is 20.2 Å². The zero-order chi connectivity index (χ0) is 13.2. The van der Waals surface area contributed by atoms with Gasteiger partial charge in [0.2, 0.25) is 10.0 Å². The minimum atomic E-state index is -3.60. The maximum Gasteiger partial charge on any atom is 0.246 e. The number of nitrogens with zero attached hydrogens (tertiary/aromatic N) is 1. The number of hydrogen-bond donors (Lipinski definition) is 1. The van der Waals surface area contributed by atoms with Crippen LogP contribution in [0.2, 0.25) is 0 Å². The minimum absolute atomic E-state index is 0.0270. The van der Waals surface area contributed by atoms with Gasteiger partial charge >= 0.3 is 0 Å². The summed E-state index contributed by atoms with van der Waals surface area (Å²) in [4.78, 5) is -0.0270. The van der Waals surface area contributed by atoms with Crippen molar-refractivity contribution in [2.24, 2.45) is 0 Å². The molecule has 18 heavy (non-hydrogen) atoms. The lowest BCUT2D eigenvalue weighted by atomic mass is 10.1. The zero-order valence-electron chi connectivity index (χ0n) is 10.2. The first-order chi connectivity index (χ1) is 8.55. The fourth-order valence-corrected chi connectivity index (χ4v) is 3.68. The highest BCUT2D eigenvalue weighted by molar-refractivity contribution is 7.89. The van der Waals surface area contributed by atoms with Crippen molar-refractivity contribution in [2.45, 2.75) is 23.8 Å². The van der Waals surface area contributed by atoms with Crippen LogP contribution in [0.4, 0.5) is 0 Å². The maximum atomic E-state index is 12.3. The molecule has 1 aromatic carbocycles. The van der Waals surface area contributed by atoms with Crippen LogP contribution in [-0.4, -0.2) is 44.1 Å². The van der Waals surface area contributed by atoms with Crippen molar-refractivity contribution in [1.82, 2.24) is 4.31 Å². The average Bonchev–Trinajstić information content (AvgIpc) is 2.39. The van der Waals surface area contributed by atoms with E-state index in [1.807, 2.05) is 0 Å². The molecule has 6 heteroatoms. The Morgan fingerprint density at radius 2 is 1.89 bits per heavy atom. The van der Waals surface area contributed by atoms with Crippen LogP contribution in [0.25, 0.3) is 0 Å². The summed E-state index contributed by atoms with van der Waals surface area (Å²) < 4.78 is 31.3. The van der Waals surface area contributed by atoms with Crippen LogP contribution in [0.5, 0.6) is 5.75 Å². The summed E-state index contributed by atoms with van der Waals surface area (Å²) in [6, 6.07) is 6.02. The molecule has 0 atom stereocenters. The van der Waals surface area contributed by atoms with E-state index in [2.05, 4.69) is 0 Å². The van der Waals surface area contributed by atoms with Crippen molar-refractivity contribution in [1.29, 1.82) is 0 Å². The molecule has 0 radical (unpaired) electrons. The minimum Gasteiger partial charge on any atom is -0.507 e. The van der Waals surface area contributed by atoms with Gasteiger partial charge in [0.05, 0.1) is 6.10 Å². The first-order valence-electron chi connectivity index (χ1n) is 5.86. The van der Waals surface area contributed by atoms with Crippen molar-refractivity contribution in [3.63, 3.8) is 0 Å². The molecule has 1 heterocycles. The fourth-order valence-electron chi connectivity index (χ4n) is 2.12. The third-order valence-electron chi connectivity index (χ3n) is 3.22. The molecule has 0 aliphatic carbocycles. The standard InChI is InChI=1S/C12H17NO4S/c1-17-10-6-8-13(9-7-10)18(15,16)12-5-3-2-4-11(12)14/h2-5,10,14H,6-9H2,1H3. The normalized spacial score (nSPS) is 18.9. The molecule has 1 aliphatic heterocycles. The van der Waals surface area contributed by atoms with Crippen LogP contribution in [0.1, 0.15) is 12.8 Å². The number of phenols is 1. The lowest BCUT2D eigenvalue weighted by Gasteiger charge is -2.30. The number of hydrogen-bond acceptors (Lipinski definition) is 4. The largest absolute Gasteiger partial charge is 0.507 e. The summed E-state index contributed by atoms with van der Waals surface area (Å²) in [5.41, 5.74) is 0. The quantitative estimate of drug-likeness (QED) is 0.896. The van der Waals surface area contributed by atoms with E-state index < -0.39 is 10.0 Å². The van der Waals surface area contributed by atoms with E-state index in [0.717, 1.165) is 0 Å². The van der Waals surface area contributed by atoms with Crippen molar-refractivity contribution >= 4 is 10.0 Å². The van der Waals surface area contributed by atoms with E-state index in [-0.39, 0.29) is 16.7 Å². The summed E-state index contributed by atoms with van der Waals surface area (Å²) in [7, 11) is -1.96. The second kappa shape index (κ2) is 5.26. The molecule has 0 bridgehead atoms. The molecule has 1 saturated heterocycles. The molecule has 0 aromatic heterocycles. The highest BCUT2D eigenvalue weighted by Gasteiger charge is 2.30. The summed E-state index contributed by atoms with van der Waals surface area (Å²) in [5.74, 6) is -0.202. The number of sulfonamides is 1. The SMILES string of the molecule is COC1CCN(S(=O)(=O)c2ccccc2O)CC1. The van der Waals surface area contributed by atoms with Crippen molar-refractivity contribution in [3.05, 3.63) is 24.3 Å². The number of ether oxygens (including phenoxy) is 1. The first kappa shape index (κ1) is 13.3. The Morgan fingerprint density at radius 3 is 2.44 bits per heavy atom. The third-order valence-corrected chi connectivity index (χ3v) is 5.16. The molecule has 0 spiro atoms. The number of benzene rings is 1. The molecule has 0 saturated carbocycles. The van der Waals surface area contributed by atoms with Gasteiger partial charge in [-0.15, -0.1) is 0 Å². The van der Waals surface area contributed by atoms with E-state index in [1.165, 1.54) is 16.4 Å². The Hall–Kier alpha value is -1.11. The van der Waals surface area contributed by atoms with Gasteiger partial charge in [0.15, 0.2) is 0 Å². The third kappa shape index (κ3) is 2.50. The molecule has 2 rings (SSSR count). The monoisotopic (exact) mass is 271 g/mol. The van der Waals surface area contributed by atoms with Gasteiger partial charge < -0.3 is 9.84 Å². The summed E-state index contributed by atoms with van der Waals surface area (Å²) in [5, 5.41) is 9.64. The number of para-hydroxylation sites is 1. The molecular formula is C12H17NO4S. The molecule has 1 aromatic rings. The smallest absolute Gasteiger partial charge is 0.246 e. The number of phenolic OH excluding ortho intramolecular Hbond substituents is 1. The van der Waals surface area contributed by atoms with E-state index in [1.54, 1.807) is 19.2 Å². The van der Waals surface area contributed by atoms with Gasteiger partial charge in [-0.3, -0.25) is 0 Å². The number of aromatic hydroxyl groups is 1. The van der Waals surface area contributed by atoms with Crippen molar-refractivity contribution in [2.75, 3.05) is 20.2 Å². The second-order valence-corrected chi connectivity index (χ2v) is 6.21. The number of methoxy groups -OCH3 is 1. The van der Waals surface area contributed by atoms with E-state index >= 15 is 0 Å². The molecule has 100 valence electrons. The van der Waals surface area contributed by atoms with E-state index in [9.17, 15) is 13.5 Å². The van der Waals surface area contributed by atoms with Gasteiger partial charge in [0.1, 0.15) is 10.6 Å². The molecule has 0 unspecified atom stereocenters. The number of rotatable bonds is 3. The Morgan fingerprint density at radius 1 is 1.28 bits per heavy atom. The van der Waals surface area contributed by atoms with E-state index in [4.69, 9.17) is 4.74 Å². The summed E-state index contributed by atoms with van der Waals surface area (Å²) >= 11 is 0. The Balaban J connectivity index is 2.20.